The van der Waals surface area contributed by atoms with E-state index in [0.717, 1.165) is 0 Å². The molecular weight excluding hydrogens is 210 g/mol. The number of hydrogen-bond acceptors (Lipinski definition) is 0. The summed E-state index contributed by atoms with van der Waals surface area (Å²) in [6.45, 7) is 0. The van der Waals surface area contributed by atoms with Gasteiger partial charge in [-0.25, -0.2) is 0 Å². The fourth-order valence-corrected chi connectivity index (χ4v) is 0. The molecule has 0 aliphatic heterocycles. The van der Waals surface area contributed by atoms with Crippen LogP contribution in [0.25, 0.3) is 0 Å². The maximum Gasteiger partial charge on any atom is 0 e. The van der Waals surface area contributed by atoms with E-state index >= 15 is 0 Å². The molecule has 0 N–H and O–H groups in total. The molecular formula is CH7CrFeNiP. The first kappa shape index (κ1) is 63.8. The van der Waals surface area contributed by atoms with Gasteiger partial charge in [-0.15, -0.1) is 0 Å². The normalized spacial score (nSPS) is 0. The summed E-state index contributed by atoms with van der Waals surface area (Å²) < 4.78 is 0. The molecule has 1 atom stereocenters. The Kier molecular flexibility index (Phi) is 484. The molecule has 0 aromatic rings. The SMILES string of the molecule is C.P.[Cr].[Fe].[Ni]. The van der Waals surface area contributed by atoms with Crippen LogP contribution in [0.4, 0.5) is 0 Å². The average Bonchev–Trinajstić information content (AvgIpc) is 0. The van der Waals surface area contributed by atoms with Gasteiger partial charge in [0.1, 0.15) is 0 Å². The topological polar surface area (TPSA) is 0 Å². The van der Waals surface area contributed by atoms with Crippen LogP contribution in [0.5, 0.6) is 0 Å². The summed E-state index contributed by atoms with van der Waals surface area (Å²) in [4.78, 5) is 0. The molecule has 0 nitrogen and oxygen atoms in total. The Morgan fingerprint density at radius 3 is 1.00 bits per heavy atom. The second-order valence-corrected chi connectivity index (χ2v) is 0. The minimum atomic E-state index is 0. The molecule has 0 bridgehead atoms. The first-order chi connectivity index (χ1) is 0. The van der Waals surface area contributed by atoms with Crippen molar-refractivity contribution in [2.75, 3.05) is 0 Å². The molecule has 0 saturated carbocycles. The average molecular weight is 217 g/mol. The fourth-order valence-electron chi connectivity index (χ4n) is 0. The Bertz CT molecular complexity index is 11.6. The van der Waals surface area contributed by atoms with Gasteiger partial charge in [0.25, 0.3) is 0 Å². The molecule has 0 aromatic heterocycles. The van der Waals surface area contributed by atoms with Crippen molar-refractivity contribution in [1.82, 2.24) is 0 Å². The first-order valence-corrected chi connectivity index (χ1v) is 0. The van der Waals surface area contributed by atoms with Crippen molar-refractivity contribution in [3.63, 3.8) is 0 Å². The van der Waals surface area contributed by atoms with E-state index < -0.39 is 0 Å². The summed E-state index contributed by atoms with van der Waals surface area (Å²) in [5, 5.41) is 0. The zero-order chi connectivity index (χ0) is 0. The first-order valence-electron chi connectivity index (χ1n) is 0. The Morgan fingerprint density at radius 2 is 1.00 bits per heavy atom. The maximum atomic E-state index is 0. The van der Waals surface area contributed by atoms with Crippen LogP contribution in [0.15, 0.2) is 0 Å². The van der Waals surface area contributed by atoms with Gasteiger partial charge in [0.2, 0.25) is 0 Å². The predicted molar refractivity (Wildman–Crippen MR) is 17.8 cm³/mol. The van der Waals surface area contributed by atoms with Crippen molar-refractivity contribution in [3.05, 3.63) is 0 Å². The van der Waals surface area contributed by atoms with Gasteiger partial charge in [0.15, 0.2) is 0 Å². The Labute approximate surface area is 68.0 Å². The minimum absolute atomic E-state index is 0. The fraction of sp³-hybridized carbons (Fsp3) is 1.00. The summed E-state index contributed by atoms with van der Waals surface area (Å²) in [7, 11) is 0. The van der Waals surface area contributed by atoms with Crippen LogP contribution >= 0.6 is 9.90 Å². The van der Waals surface area contributed by atoms with Gasteiger partial charge in [-0.3, -0.25) is 0 Å². The molecule has 0 amide bonds. The number of rotatable bonds is 0. The van der Waals surface area contributed by atoms with Crippen LogP contribution in [-0.2, 0) is 50.9 Å². The van der Waals surface area contributed by atoms with E-state index in [1.807, 2.05) is 0 Å². The minimum Gasteiger partial charge on any atom is -0.153 e. The molecule has 0 saturated heterocycles. The second-order valence-electron chi connectivity index (χ2n) is 0. The smallest absolute Gasteiger partial charge is 0 e. The summed E-state index contributed by atoms with van der Waals surface area (Å²) in [5.41, 5.74) is 0. The Morgan fingerprint density at radius 1 is 1.00 bits per heavy atom. The molecule has 0 heterocycles. The van der Waals surface area contributed by atoms with E-state index in [-0.39, 0.29) is 68.2 Å². The third-order valence-corrected chi connectivity index (χ3v) is 0. The van der Waals surface area contributed by atoms with Gasteiger partial charge in [0, 0.05) is 50.9 Å². The predicted octanol–water partition coefficient (Wildman–Crippen LogP) is 0.687. The summed E-state index contributed by atoms with van der Waals surface area (Å²) in [6, 6.07) is 0. The molecule has 40 valence electrons. The molecule has 5 heavy (non-hydrogen) atoms. The quantitative estimate of drug-likeness (QED) is 0.413. The standard InChI is InChI=1S/CH4.Cr.Fe.Ni.H3P/h1H4;;;;1H3. The van der Waals surface area contributed by atoms with Crippen LogP contribution in [-0.4, -0.2) is 0 Å². The summed E-state index contributed by atoms with van der Waals surface area (Å²) in [5.74, 6) is 0. The second kappa shape index (κ2) is 37.9. The number of hydrogen-bond donors (Lipinski definition) is 0. The maximum absolute atomic E-state index is 0. The molecule has 0 fully saturated rings. The summed E-state index contributed by atoms with van der Waals surface area (Å²) in [6.07, 6.45) is 0. The molecule has 0 rings (SSSR count). The zero-order valence-electron chi connectivity index (χ0n) is 1.79. The van der Waals surface area contributed by atoms with Crippen LogP contribution in [0.3, 0.4) is 0 Å². The summed E-state index contributed by atoms with van der Waals surface area (Å²) >= 11 is 0. The van der Waals surface area contributed by atoms with Crippen LogP contribution in [0.2, 0.25) is 0 Å². The monoisotopic (exact) mass is 216 g/mol. The molecule has 0 aromatic carbocycles. The van der Waals surface area contributed by atoms with Gasteiger partial charge in [-0.05, 0) is 0 Å². The molecule has 1 unspecified atom stereocenters. The van der Waals surface area contributed by atoms with Crippen LogP contribution in [0, 0.1) is 0 Å². The van der Waals surface area contributed by atoms with Gasteiger partial charge in [-0.1, -0.05) is 7.43 Å². The van der Waals surface area contributed by atoms with Gasteiger partial charge >= 0.3 is 0 Å². The van der Waals surface area contributed by atoms with E-state index in [2.05, 4.69) is 0 Å². The van der Waals surface area contributed by atoms with E-state index in [0.29, 0.717) is 0 Å². The van der Waals surface area contributed by atoms with E-state index in [4.69, 9.17) is 0 Å². The molecule has 0 aliphatic rings. The van der Waals surface area contributed by atoms with Gasteiger partial charge < -0.3 is 0 Å². The van der Waals surface area contributed by atoms with Crippen molar-refractivity contribution in [2.24, 2.45) is 0 Å². The molecule has 0 radical (unpaired) electrons. The Balaban J connectivity index is 0. The van der Waals surface area contributed by atoms with E-state index in [9.17, 15) is 0 Å². The Hall–Kier alpha value is 1.98. The molecule has 0 spiro atoms. The third-order valence-electron chi connectivity index (χ3n) is 0. The largest absolute Gasteiger partial charge is 0.153 e. The molecule has 4 heteroatoms. The van der Waals surface area contributed by atoms with Gasteiger partial charge in [-0.2, -0.15) is 9.90 Å². The van der Waals surface area contributed by atoms with E-state index in [1.54, 1.807) is 0 Å². The third kappa shape index (κ3) is 24.2. The van der Waals surface area contributed by atoms with Crippen molar-refractivity contribution >= 4 is 9.90 Å². The van der Waals surface area contributed by atoms with Crippen molar-refractivity contribution in [1.29, 1.82) is 0 Å². The zero-order valence-corrected chi connectivity index (χ0v) is 6.57. The van der Waals surface area contributed by atoms with Crippen LogP contribution in [0.1, 0.15) is 7.43 Å². The van der Waals surface area contributed by atoms with Crippen molar-refractivity contribution in [3.8, 4) is 0 Å². The molecule has 0 aliphatic carbocycles. The van der Waals surface area contributed by atoms with Crippen molar-refractivity contribution in [2.45, 2.75) is 7.43 Å². The van der Waals surface area contributed by atoms with Crippen LogP contribution < -0.4 is 0 Å². The van der Waals surface area contributed by atoms with Crippen molar-refractivity contribution < 1.29 is 50.9 Å². The van der Waals surface area contributed by atoms with E-state index in [1.165, 1.54) is 0 Å². The van der Waals surface area contributed by atoms with Gasteiger partial charge in [0.05, 0.1) is 0 Å².